The number of rotatable bonds is 3. The van der Waals surface area contributed by atoms with Gasteiger partial charge in [-0.15, -0.1) is 0 Å². The van der Waals surface area contributed by atoms with Gasteiger partial charge in [-0.1, -0.05) is 0 Å². The van der Waals surface area contributed by atoms with Gasteiger partial charge in [-0.25, -0.2) is 9.97 Å². The molecule has 3 unspecified atom stereocenters. The quantitative estimate of drug-likeness (QED) is 0.827. The lowest BCUT2D eigenvalue weighted by Crippen LogP contribution is -2.26. The molecule has 6 nitrogen and oxygen atoms in total. The first kappa shape index (κ1) is 13.8. The van der Waals surface area contributed by atoms with E-state index in [0.29, 0.717) is 16.9 Å². The van der Waals surface area contributed by atoms with Crippen molar-refractivity contribution in [3.63, 3.8) is 0 Å². The zero-order chi connectivity index (χ0) is 14.3. The Bertz CT molecular complexity index is 630. The highest BCUT2D eigenvalue weighted by Crippen LogP contribution is 2.28. The van der Waals surface area contributed by atoms with Gasteiger partial charge in [0.15, 0.2) is 0 Å². The smallest absolute Gasteiger partial charge is 0.241 e. The normalized spacial score (nSPS) is 24.2. The fourth-order valence-corrected chi connectivity index (χ4v) is 2.94. The first-order chi connectivity index (χ1) is 9.54. The zero-order valence-corrected chi connectivity index (χ0v) is 13.0. The summed E-state index contributed by atoms with van der Waals surface area (Å²) >= 11 is 3.38. The fraction of sp³-hybridized carbons (Fsp3) is 0.538. The van der Waals surface area contributed by atoms with Gasteiger partial charge in [0.1, 0.15) is 22.5 Å². The minimum Gasteiger partial charge on any atom is -0.473 e. The van der Waals surface area contributed by atoms with Gasteiger partial charge in [0.05, 0.1) is 11.8 Å². The molecule has 1 fully saturated rings. The molecule has 0 amide bonds. The van der Waals surface area contributed by atoms with Crippen molar-refractivity contribution in [2.24, 2.45) is 13.0 Å². The van der Waals surface area contributed by atoms with E-state index in [-0.39, 0.29) is 12.0 Å². The van der Waals surface area contributed by atoms with Crippen molar-refractivity contribution in [2.75, 3.05) is 6.54 Å². The number of ether oxygens (including phenoxy) is 1. The SMILES string of the molecule is CC(Oc1nc(Br)cc2ncn(C)c12)C1CNC(O)C1. The van der Waals surface area contributed by atoms with Gasteiger partial charge in [-0.2, -0.15) is 0 Å². The molecule has 7 heteroatoms. The van der Waals surface area contributed by atoms with Crippen molar-refractivity contribution < 1.29 is 9.84 Å². The molecule has 0 bridgehead atoms. The first-order valence-electron chi connectivity index (χ1n) is 6.60. The van der Waals surface area contributed by atoms with Crippen LogP contribution in [0.25, 0.3) is 11.0 Å². The van der Waals surface area contributed by atoms with E-state index >= 15 is 0 Å². The number of imidazole rings is 1. The predicted molar refractivity (Wildman–Crippen MR) is 78.4 cm³/mol. The molecule has 2 N–H and O–H groups in total. The second kappa shape index (κ2) is 5.31. The van der Waals surface area contributed by atoms with E-state index in [1.54, 1.807) is 6.33 Å². The van der Waals surface area contributed by atoms with E-state index in [1.165, 1.54) is 0 Å². The second-order valence-corrected chi connectivity index (χ2v) is 6.03. The third-order valence-corrected chi connectivity index (χ3v) is 4.14. The maximum absolute atomic E-state index is 9.54. The Morgan fingerprint density at radius 2 is 2.40 bits per heavy atom. The number of hydrogen-bond acceptors (Lipinski definition) is 5. The average Bonchev–Trinajstić information content (AvgIpc) is 2.96. The van der Waals surface area contributed by atoms with Crippen LogP contribution in [0.4, 0.5) is 0 Å². The summed E-state index contributed by atoms with van der Waals surface area (Å²) < 4.78 is 8.63. The van der Waals surface area contributed by atoms with Gasteiger partial charge in [-0.3, -0.25) is 5.32 Å². The Morgan fingerprint density at radius 1 is 1.60 bits per heavy atom. The number of aliphatic hydroxyl groups is 1. The molecule has 3 atom stereocenters. The minimum atomic E-state index is -0.432. The van der Waals surface area contributed by atoms with Crippen molar-refractivity contribution >= 4 is 27.0 Å². The fourth-order valence-electron chi connectivity index (χ4n) is 2.56. The molecule has 0 aliphatic carbocycles. The number of aliphatic hydroxyl groups excluding tert-OH is 1. The summed E-state index contributed by atoms with van der Waals surface area (Å²) in [5.74, 6) is 0.845. The summed E-state index contributed by atoms with van der Waals surface area (Å²) in [7, 11) is 1.92. The zero-order valence-electron chi connectivity index (χ0n) is 11.4. The van der Waals surface area contributed by atoms with Crippen LogP contribution in [0.3, 0.4) is 0 Å². The number of nitrogens with zero attached hydrogens (tertiary/aromatic N) is 3. The molecule has 1 aliphatic rings. The first-order valence-corrected chi connectivity index (χ1v) is 7.39. The monoisotopic (exact) mass is 340 g/mol. The molecule has 20 heavy (non-hydrogen) atoms. The van der Waals surface area contributed by atoms with E-state index < -0.39 is 6.23 Å². The number of nitrogens with one attached hydrogen (secondary N) is 1. The van der Waals surface area contributed by atoms with Crippen LogP contribution in [0.15, 0.2) is 17.0 Å². The van der Waals surface area contributed by atoms with Gasteiger partial charge in [-0.05, 0) is 35.3 Å². The van der Waals surface area contributed by atoms with Crippen LogP contribution < -0.4 is 10.1 Å². The molecule has 0 radical (unpaired) electrons. The lowest BCUT2D eigenvalue weighted by Gasteiger charge is -2.20. The highest BCUT2D eigenvalue weighted by Gasteiger charge is 2.29. The van der Waals surface area contributed by atoms with Gasteiger partial charge in [0.2, 0.25) is 5.88 Å². The van der Waals surface area contributed by atoms with Crippen LogP contribution >= 0.6 is 15.9 Å². The summed E-state index contributed by atoms with van der Waals surface area (Å²) in [5.41, 5.74) is 1.73. The van der Waals surface area contributed by atoms with Crippen molar-refractivity contribution in [3.05, 3.63) is 17.0 Å². The van der Waals surface area contributed by atoms with Crippen molar-refractivity contribution in [3.8, 4) is 5.88 Å². The molecule has 0 saturated carbocycles. The summed E-state index contributed by atoms with van der Waals surface area (Å²) in [5, 5.41) is 12.6. The van der Waals surface area contributed by atoms with Crippen LogP contribution in [-0.2, 0) is 7.05 Å². The highest BCUT2D eigenvalue weighted by atomic mass is 79.9. The van der Waals surface area contributed by atoms with E-state index in [1.807, 2.05) is 24.6 Å². The molecule has 1 saturated heterocycles. The van der Waals surface area contributed by atoms with E-state index in [9.17, 15) is 5.11 Å². The average molecular weight is 341 g/mol. The summed E-state index contributed by atoms with van der Waals surface area (Å²) in [4.78, 5) is 8.73. The standard InChI is InChI=1S/C13H17BrN4O2/c1-7(8-3-11(19)15-5-8)20-13-12-9(4-10(14)17-13)16-6-18(12)2/h4,6-8,11,15,19H,3,5H2,1-2H3. The largest absolute Gasteiger partial charge is 0.473 e. The Morgan fingerprint density at radius 3 is 3.10 bits per heavy atom. The molecule has 3 rings (SSSR count). The van der Waals surface area contributed by atoms with Gasteiger partial charge >= 0.3 is 0 Å². The third kappa shape index (κ3) is 2.53. The van der Waals surface area contributed by atoms with E-state index in [0.717, 1.165) is 17.6 Å². The Kier molecular flexibility index (Phi) is 3.66. The van der Waals surface area contributed by atoms with Crippen LogP contribution in [-0.4, -0.2) is 38.5 Å². The summed E-state index contributed by atoms with van der Waals surface area (Å²) in [6.07, 6.45) is 1.98. The molecule has 1 aliphatic heterocycles. The van der Waals surface area contributed by atoms with Gasteiger partial charge < -0.3 is 14.4 Å². The molecule has 2 aromatic rings. The number of fused-ring (bicyclic) bond motifs is 1. The highest BCUT2D eigenvalue weighted by molar-refractivity contribution is 9.10. The Balaban J connectivity index is 1.88. The molecule has 2 aromatic heterocycles. The Hall–Kier alpha value is -1.18. The van der Waals surface area contributed by atoms with Crippen LogP contribution in [0.1, 0.15) is 13.3 Å². The summed E-state index contributed by atoms with van der Waals surface area (Å²) in [6.45, 7) is 2.76. The second-order valence-electron chi connectivity index (χ2n) is 5.22. The molecular formula is C13H17BrN4O2. The molecule has 3 heterocycles. The van der Waals surface area contributed by atoms with E-state index in [4.69, 9.17) is 4.74 Å². The van der Waals surface area contributed by atoms with E-state index in [2.05, 4.69) is 31.2 Å². The van der Waals surface area contributed by atoms with Crippen molar-refractivity contribution in [1.82, 2.24) is 19.9 Å². The third-order valence-electron chi connectivity index (χ3n) is 3.74. The number of pyridine rings is 1. The van der Waals surface area contributed by atoms with Crippen LogP contribution in [0, 0.1) is 5.92 Å². The molecule has 0 aromatic carbocycles. The molecule has 0 spiro atoms. The number of hydrogen-bond donors (Lipinski definition) is 2. The van der Waals surface area contributed by atoms with Crippen LogP contribution in [0.2, 0.25) is 0 Å². The maximum atomic E-state index is 9.54. The molecular weight excluding hydrogens is 324 g/mol. The maximum Gasteiger partial charge on any atom is 0.241 e. The predicted octanol–water partition coefficient (Wildman–Crippen LogP) is 1.43. The van der Waals surface area contributed by atoms with Crippen molar-refractivity contribution in [2.45, 2.75) is 25.7 Å². The number of aromatic nitrogens is 3. The molecule has 108 valence electrons. The van der Waals surface area contributed by atoms with Crippen LogP contribution in [0.5, 0.6) is 5.88 Å². The van der Waals surface area contributed by atoms with Gasteiger partial charge in [0, 0.05) is 19.5 Å². The lowest BCUT2D eigenvalue weighted by atomic mass is 10.0. The number of aryl methyl sites for hydroxylation is 1. The van der Waals surface area contributed by atoms with Gasteiger partial charge in [0.25, 0.3) is 0 Å². The lowest BCUT2D eigenvalue weighted by molar-refractivity contribution is 0.125. The summed E-state index contributed by atoms with van der Waals surface area (Å²) in [6, 6.07) is 1.87. The number of halogens is 1. The minimum absolute atomic E-state index is 0.0282. The Labute approximate surface area is 125 Å². The topological polar surface area (TPSA) is 72.2 Å². The van der Waals surface area contributed by atoms with Crippen molar-refractivity contribution in [1.29, 1.82) is 0 Å².